The van der Waals surface area contributed by atoms with Crippen molar-refractivity contribution in [3.8, 4) is 0 Å². The van der Waals surface area contributed by atoms with E-state index in [1.807, 2.05) is 4.90 Å². The van der Waals surface area contributed by atoms with Gasteiger partial charge in [0.05, 0.1) is 12.2 Å². The molecule has 1 rings (SSSR count). The van der Waals surface area contributed by atoms with E-state index < -0.39 is 15.8 Å². The van der Waals surface area contributed by atoms with Gasteiger partial charge in [0.2, 0.25) is 0 Å². The Morgan fingerprint density at radius 3 is 2.81 bits per heavy atom. The van der Waals surface area contributed by atoms with Crippen molar-refractivity contribution in [2.75, 3.05) is 36.6 Å². The topological polar surface area (TPSA) is 74.7 Å². The minimum Gasteiger partial charge on any atom is -0.481 e. The van der Waals surface area contributed by atoms with Crippen molar-refractivity contribution in [1.29, 1.82) is 0 Å². The Labute approximate surface area is 100 Å². The van der Waals surface area contributed by atoms with Gasteiger partial charge in [0.15, 0.2) is 0 Å². The van der Waals surface area contributed by atoms with Crippen molar-refractivity contribution in [1.82, 2.24) is 4.90 Å². The van der Waals surface area contributed by atoms with Crippen LogP contribution in [-0.2, 0) is 14.6 Å². The van der Waals surface area contributed by atoms with E-state index >= 15 is 0 Å². The summed E-state index contributed by atoms with van der Waals surface area (Å²) < 4.78 is 22.1. The molecule has 94 valence electrons. The fourth-order valence-corrected chi connectivity index (χ4v) is 3.35. The van der Waals surface area contributed by atoms with Gasteiger partial charge in [0.1, 0.15) is 9.84 Å². The molecule has 0 saturated carbocycles. The predicted octanol–water partition coefficient (Wildman–Crippen LogP) is -0.0769. The molecule has 1 unspecified atom stereocenters. The molecule has 16 heavy (non-hydrogen) atoms. The van der Waals surface area contributed by atoms with Gasteiger partial charge < -0.3 is 5.11 Å². The van der Waals surface area contributed by atoms with Crippen molar-refractivity contribution in [2.24, 2.45) is 0 Å². The number of aliphatic carboxylic acids is 1. The zero-order valence-electron chi connectivity index (χ0n) is 9.26. The van der Waals surface area contributed by atoms with Crippen LogP contribution in [0.1, 0.15) is 6.42 Å². The number of carboxylic acid groups (broad SMARTS) is 1. The molecule has 1 saturated heterocycles. The van der Waals surface area contributed by atoms with Crippen LogP contribution < -0.4 is 0 Å². The van der Waals surface area contributed by atoms with Crippen LogP contribution in [0.5, 0.6) is 0 Å². The van der Waals surface area contributed by atoms with Crippen molar-refractivity contribution >= 4 is 27.6 Å². The van der Waals surface area contributed by atoms with Crippen LogP contribution in [0.25, 0.3) is 0 Å². The molecule has 0 aromatic heterocycles. The lowest BCUT2D eigenvalue weighted by Gasteiger charge is -2.34. The number of thioether (sulfide) groups is 1. The maximum Gasteiger partial charge on any atom is 0.304 e. The van der Waals surface area contributed by atoms with E-state index in [1.54, 1.807) is 11.8 Å². The average Bonchev–Trinajstić information content (AvgIpc) is 2.14. The molecule has 1 aliphatic heterocycles. The SMILES string of the molecule is CS(=O)(=O)CCN1CCSCC1CC(=O)O. The molecule has 0 radical (unpaired) electrons. The van der Waals surface area contributed by atoms with Crippen molar-refractivity contribution in [3.63, 3.8) is 0 Å². The molecule has 1 N–H and O–H groups in total. The van der Waals surface area contributed by atoms with E-state index in [2.05, 4.69) is 0 Å². The molecule has 5 nitrogen and oxygen atoms in total. The number of sulfone groups is 1. The van der Waals surface area contributed by atoms with Gasteiger partial charge in [-0.1, -0.05) is 0 Å². The first kappa shape index (κ1) is 13.8. The second-order valence-electron chi connectivity index (χ2n) is 3.99. The smallest absolute Gasteiger partial charge is 0.304 e. The Hall–Kier alpha value is -0.270. The van der Waals surface area contributed by atoms with Crippen LogP contribution in [0, 0.1) is 0 Å². The standard InChI is InChI=1S/C9H17NO4S2/c1-16(13,14)5-3-10-2-4-15-7-8(10)6-9(11)12/h8H,2-7H2,1H3,(H,11,12). The molecular weight excluding hydrogens is 250 g/mol. The first-order chi connectivity index (χ1) is 7.38. The molecule has 1 atom stereocenters. The summed E-state index contributed by atoms with van der Waals surface area (Å²) in [5.74, 6) is 1.00. The maximum absolute atomic E-state index is 11.1. The van der Waals surface area contributed by atoms with Crippen LogP contribution >= 0.6 is 11.8 Å². The lowest BCUT2D eigenvalue weighted by Crippen LogP contribution is -2.45. The zero-order chi connectivity index (χ0) is 12.2. The van der Waals surface area contributed by atoms with E-state index in [-0.39, 0.29) is 18.2 Å². The Kier molecular flexibility index (Phi) is 5.07. The Balaban J connectivity index is 2.50. The normalized spacial score (nSPS) is 23.2. The summed E-state index contributed by atoms with van der Waals surface area (Å²) in [4.78, 5) is 12.6. The van der Waals surface area contributed by atoms with Gasteiger partial charge in [0.25, 0.3) is 0 Å². The van der Waals surface area contributed by atoms with Crippen LogP contribution in [-0.4, -0.2) is 67.0 Å². The summed E-state index contributed by atoms with van der Waals surface area (Å²) in [5, 5.41) is 8.76. The number of hydrogen-bond donors (Lipinski definition) is 1. The monoisotopic (exact) mass is 267 g/mol. The predicted molar refractivity (Wildman–Crippen MR) is 64.6 cm³/mol. The number of rotatable bonds is 5. The average molecular weight is 267 g/mol. The molecule has 0 spiro atoms. The molecule has 7 heteroatoms. The van der Waals surface area contributed by atoms with Gasteiger partial charge in [-0.05, 0) is 0 Å². The fourth-order valence-electron chi connectivity index (χ4n) is 1.66. The summed E-state index contributed by atoms with van der Waals surface area (Å²) in [7, 11) is -2.97. The Morgan fingerprint density at radius 1 is 1.56 bits per heavy atom. The number of carbonyl (C=O) groups is 1. The third-order valence-electron chi connectivity index (χ3n) is 2.51. The number of carboxylic acids is 1. The molecule has 0 amide bonds. The van der Waals surface area contributed by atoms with Crippen molar-refractivity contribution in [2.45, 2.75) is 12.5 Å². The van der Waals surface area contributed by atoms with E-state index in [0.717, 1.165) is 18.1 Å². The van der Waals surface area contributed by atoms with E-state index in [0.29, 0.717) is 6.54 Å². The highest BCUT2D eigenvalue weighted by atomic mass is 32.2. The highest BCUT2D eigenvalue weighted by Crippen LogP contribution is 2.18. The van der Waals surface area contributed by atoms with Gasteiger partial charge in [-0.15, -0.1) is 0 Å². The number of hydrogen-bond acceptors (Lipinski definition) is 5. The van der Waals surface area contributed by atoms with Gasteiger partial charge >= 0.3 is 5.97 Å². The summed E-state index contributed by atoms with van der Waals surface area (Å²) in [6.45, 7) is 1.22. The molecule has 1 fully saturated rings. The third-order valence-corrected chi connectivity index (χ3v) is 4.52. The largest absolute Gasteiger partial charge is 0.481 e. The van der Waals surface area contributed by atoms with Gasteiger partial charge in [0, 0.05) is 36.9 Å². The van der Waals surface area contributed by atoms with Crippen LogP contribution in [0.4, 0.5) is 0 Å². The highest BCUT2D eigenvalue weighted by Gasteiger charge is 2.25. The van der Waals surface area contributed by atoms with Gasteiger partial charge in [-0.25, -0.2) is 8.42 Å². The number of nitrogens with zero attached hydrogens (tertiary/aromatic N) is 1. The molecule has 0 aromatic carbocycles. The van der Waals surface area contributed by atoms with Crippen LogP contribution in [0.15, 0.2) is 0 Å². The molecule has 1 aliphatic rings. The van der Waals surface area contributed by atoms with E-state index in [1.165, 1.54) is 6.26 Å². The van der Waals surface area contributed by atoms with Gasteiger partial charge in [-0.2, -0.15) is 11.8 Å². The quantitative estimate of drug-likeness (QED) is 0.751. The van der Waals surface area contributed by atoms with Gasteiger partial charge in [-0.3, -0.25) is 9.69 Å². The first-order valence-corrected chi connectivity index (χ1v) is 8.31. The Bertz CT molecular complexity index is 341. The lowest BCUT2D eigenvalue weighted by atomic mass is 10.2. The summed E-state index contributed by atoms with van der Waals surface area (Å²) >= 11 is 1.73. The molecule has 1 heterocycles. The maximum atomic E-state index is 11.1. The molecule has 0 aromatic rings. The van der Waals surface area contributed by atoms with E-state index in [9.17, 15) is 13.2 Å². The second-order valence-corrected chi connectivity index (χ2v) is 7.40. The highest BCUT2D eigenvalue weighted by molar-refractivity contribution is 7.99. The fraction of sp³-hybridized carbons (Fsp3) is 0.889. The Morgan fingerprint density at radius 2 is 2.25 bits per heavy atom. The summed E-state index contributed by atoms with van der Waals surface area (Å²) in [6, 6.07) is -0.0296. The summed E-state index contributed by atoms with van der Waals surface area (Å²) in [6.07, 6.45) is 1.30. The minimum absolute atomic E-state index is 0.0296. The molecule has 0 aliphatic carbocycles. The second kappa shape index (κ2) is 5.88. The van der Waals surface area contributed by atoms with Crippen LogP contribution in [0.3, 0.4) is 0 Å². The molecule has 0 bridgehead atoms. The van der Waals surface area contributed by atoms with Crippen molar-refractivity contribution in [3.05, 3.63) is 0 Å². The lowest BCUT2D eigenvalue weighted by molar-refractivity contribution is -0.138. The minimum atomic E-state index is -2.97. The van der Waals surface area contributed by atoms with Crippen LogP contribution in [0.2, 0.25) is 0 Å². The van der Waals surface area contributed by atoms with Crippen molar-refractivity contribution < 1.29 is 18.3 Å². The zero-order valence-corrected chi connectivity index (χ0v) is 10.9. The molecular formula is C9H17NO4S2. The summed E-state index contributed by atoms with van der Waals surface area (Å²) in [5.41, 5.74) is 0. The first-order valence-electron chi connectivity index (χ1n) is 5.10. The third kappa shape index (κ3) is 5.18. The van der Waals surface area contributed by atoms with E-state index in [4.69, 9.17) is 5.11 Å².